The normalized spacial score (nSPS) is 10.8. The van der Waals surface area contributed by atoms with E-state index in [9.17, 15) is 0 Å². The van der Waals surface area contributed by atoms with Crippen molar-refractivity contribution in [3.8, 4) is 22.0 Å². The fourth-order valence-electron chi connectivity index (χ4n) is 1.71. The molecule has 0 N–H and O–H groups in total. The van der Waals surface area contributed by atoms with Crippen molar-refractivity contribution in [3.63, 3.8) is 0 Å². The van der Waals surface area contributed by atoms with E-state index < -0.39 is 0 Å². The van der Waals surface area contributed by atoms with E-state index in [0.29, 0.717) is 0 Å². The van der Waals surface area contributed by atoms with Gasteiger partial charge in [0.25, 0.3) is 0 Å². The standard InChI is InChI=1S/C13H10BrN3S/c1-17-7-6-11(16-17)13-15-12(8-18-13)9-4-2-3-5-10(9)14/h2-8H,1H3. The van der Waals surface area contributed by atoms with Crippen molar-refractivity contribution in [1.82, 2.24) is 14.8 Å². The van der Waals surface area contributed by atoms with Gasteiger partial charge in [-0.1, -0.05) is 34.1 Å². The summed E-state index contributed by atoms with van der Waals surface area (Å²) < 4.78 is 2.84. The van der Waals surface area contributed by atoms with Crippen molar-refractivity contribution in [3.05, 3.63) is 46.4 Å². The molecule has 0 fully saturated rings. The second-order valence-corrected chi connectivity index (χ2v) is 5.60. The van der Waals surface area contributed by atoms with E-state index in [4.69, 9.17) is 0 Å². The highest BCUT2D eigenvalue weighted by molar-refractivity contribution is 9.10. The van der Waals surface area contributed by atoms with Crippen LogP contribution in [0.4, 0.5) is 0 Å². The van der Waals surface area contributed by atoms with Gasteiger partial charge in [-0.3, -0.25) is 4.68 Å². The monoisotopic (exact) mass is 319 g/mol. The predicted molar refractivity (Wildman–Crippen MR) is 77.5 cm³/mol. The molecule has 0 radical (unpaired) electrons. The zero-order valence-electron chi connectivity index (χ0n) is 9.67. The van der Waals surface area contributed by atoms with Crippen molar-refractivity contribution in [2.24, 2.45) is 7.05 Å². The van der Waals surface area contributed by atoms with E-state index in [-0.39, 0.29) is 0 Å². The third-order valence-electron chi connectivity index (χ3n) is 2.59. The van der Waals surface area contributed by atoms with Crippen molar-refractivity contribution < 1.29 is 0 Å². The Kier molecular flexibility index (Phi) is 3.01. The number of hydrogen-bond acceptors (Lipinski definition) is 3. The Morgan fingerprint density at radius 3 is 2.72 bits per heavy atom. The molecule has 1 aromatic carbocycles. The van der Waals surface area contributed by atoms with Crippen LogP contribution in [0.1, 0.15) is 0 Å². The molecule has 3 rings (SSSR count). The van der Waals surface area contributed by atoms with Gasteiger partial charge in [-0.25, -0.2) is 4.98 Å². The first-order valence-electron chi connectivity index (χ1n) is 5.44. The fourth-order valence-corrected chi connectivity index (χ4v) is 2.98. The van der Waals surface area contributed by atoms with Crippen LogP contribution in [0.5, 0.6) is 0 Å². The van der Waals surface area contributed by atoms with Crippen LogP contribution in [-0.4, -0.2) is 14.8 Å². The second kappa shape index (κ2) is 4.66. The summed E-state index contributed by atoms with van der Waals surface area (Å²) in [5.74, 6) is 0. The third kappa shape index (κ3) is 2.11. The molecule has 2 heterocycles. The summed E-state index contributed by atoms with van der Waals surface area (Å²) >= 11 is 5.16. The Bertz CT molecular complexity index is 687. The molecule has 0 unspecified atom stereocenters. The molecule has 0 saturated carbocycles. The number of aromatic nitrogens is 3. The summed E-state index contributed by atoms with van der Waals surface area (Å²) in [7, 11) is 1.91. The number of hydrogen-bond donors (Lipinski definition) is 0. The smallest absolute Gasteiger partial charge is 0.144 e. The average molecular weight is 320 g/mol. The van der Waals surface area contributed by atoms with Crippen LogP contribution in [0.2, 0.25) is 0 Å². The lowest BCUT2D eigenvalue weighted by Crippen LogP contribution is -1.87. The quantitative estimate of drug-likeness (QED) is 0.715. The molecule has 0 amide bonds. The van der Waals surface area contributed by atoms with Crippen LogP contribution < -0.4 is 0 Å². The van der Waals surface area contributed by atoms with Gasteiger partial charge < -0.3 is 0 Å². The van der Waals surface area contributed by atoms with E-state index >= 15 is 0 Å². The van der Waals surface area contributed by atoms with Gasteiger partial charge in [0.2, 0.25) is 0 Å². The average Bonchev–Trinajstić information content (AvgIpc) is 2.98. The van der Waals surface area contributed by atoms with Gasteiger partial charge >= 0.3 is 0 Å². The molecule has 0 aliphatic carbocycles. The number of halogens is 1. The van der Waals surface area contributed by atoms with E-state index in [1.807, 2.05) is 37.5 Å². The Morgan fingerprint density at radius 2 is 2.00 bits per heavy atom. The minimum Gasteiger partial charge on any atom is -0.275 e. The van der Waals surface area contributed by atoms with Crippen molar-refractivity contribution in [2.45, 2.75) is 0 Å². The Labute approximate surface area is 117 Å². The number of thiazole rings is 1. The van der Waals surface area contributed by atoms with Gasteiger partial charge in [0.05, 0.1) is 5.69 Å². The summed E-state index contributed by atoms with van der Waals surface area (Å²) in [4.78, 5) is 4.64. The maximum absolute atomic E-state index is 4.64. The lowest BCUT2D eigenvalue weighted by atomic mass is 10.2. The van der Waals surface area contributed by atoms with E-state index in [1.165, 1.54) is 0 Å². The predicted octanol–water partition coefficient (Wildman–Crippen LogP) is 3.97. The summed E-state index contributed by atoms with van der Waals surface area (Å²) in [5.41, 5.74) is 3.00. The molecular formula is C13H10BrN3S. The van der Waals surface area contributed by atoms with Crippen LogP contribution in [0.3, 0.4) is 0 Å². The summed E-state index contributed by atoms with van der Waals surface area (Å²) in [6, 6.07) is 10.1. The molecule has 0 spiro atoms. The summed E-state index contributed by atoms with van der Waals surface area (Å²) in [6.45, 7) is 0. The highest BCUT2D eigenvalue weighted by atomic mass is 79.9. The molecule has 0 bridgehead atoms. The number of rotatable bonds is 2. The first-order valence-corrected chi connectivity index (χ1v) is 7.12. The molecule has 0 aliphatic rings. The van der Waals surface area contributed by atoms with Crippen LogP contribution in [-0.2, 0) is 7.05 Å². The summed E-state index contributed by atoms with van der Waals surface area (Å²) in [6.07, 6.45) is 1.93. The maximum Gasteiger partial charge on any atom is 0.144 e. The van der Waals surface area contributed by atoms with Gasteiger partial charge in [-0.05, 0) is 12.1 Å². The molecular weight excluding hydrogens is 310 g/mol. The molecule has 3 nitrogen and oxygen atoms in total. The molecule has 0 atom stereocenters. The van der Waals surface area contributed by atoms with E-state index in [0.717, 1.165) is 26.4 Å². The molecule has 2 aromatic heterocycles. The van der Waals surface area contributed by atoms with Gasteiger partial charge in [-0.2, -0.15) is 5.10 Å². The Hall–Kier alpha value is -1.46. The number of benzene rings is 1. The van der Waals surface area contributed by atoms with Gasteiger partial charge in [0.1, 0.15) is 10.7 Å². The zero-order valence-corrected chi connectivity index (χ0v) is 12.1. The maximum atomic E-state index is 4.64. The first kappa shape index (κ1) is 11.6. The molecule has 5 heteroatoms. The highest BCUT2D eigenvalue weighted by Gasteiger charge is 2.10. The lowest BCUT2D eigenvalue weighted by molar-refractivity contribution is 0.770. The van der Waals surface area contributed by atoms with E-state index in [1.54, 1.807) is 16.0 Å². The molecule has 0 saturated heterocycles. The molecule has 90 valence electrons. The Balaban J connectivity index is 2.02. The summed E-state index contributed by atoms with van der Waals surface area (Å²) in [5, 5.41) is 7.37. The molecule has 3 aromatic rings. The highest BCUT2D eigenvalue weighted by Crippen LogP contribution is 2.31. The van der Waals surface area contributed by atoms with Crippen molar-refractivity contribution in [1.29, 1.82) is 0 Å². The van der Waals surface area contributed by atoms with Crippen LogP contribution in [0, 0.1) is 0 Å². The first-order chi connectivity index (χ1) is 8.74. The van der Waals surface area contributed by atoms with Crippen LogP contribution in [0.15, 0.2) is 46.4 Å². The Morgan fingerprint density at radius 1 is 1.17 bits per heavy atom. The zero-order chi connectivity index (χ0) is 12.5. The topological polar surface area (TPSA) is 30.7 Å². The minimum absolute atomic E-state index is 0.917. The third-order valence-corrected chi connectivity index (χ3v) is 4.14. The van der Waals surface area contributed by atoms with Crippen LogP contribution >= 0.6 is 27.3 Å². The van der Waals surface area contributed by atoms with Crippen LogP contribution in [0.25, 0.3) is 22.0 Å². The largest absolute Gasteiger partial charge is 0.275 e. The van der Waals surface area contributed by atoms with E-state index in [2.05, 4.69) is 37.5 Å². The SMILES string of the molecule is Cn1ccc(-c2nc(-c3ccccc3Br)cs2)n1. The lowest BCUT2D eigenvalue weighted by Gasteiger charge is -1.98. The molecule has 18 heavy (non-hydrogen) atoms. The van der Waals surface area contributed by atoms with Gasteiger partial charge in [0.15, 0.2) is 0 Å². The van der Waals surface area contributed by atoms with Gasteiger partial charge in [0, 0.05) is 28.7 Å². The van der Waals surface area contributed by atoms with Crippen molar-refractivity contribution >= 4 is 27.3 Å². The minimum atomic E-state index is 0.917. The van der Waals surface area contributed by atoms with Crippen molar-refractivity contribution in [2.75, 3.05) is 0 Å². The second-order valence-electron chi connectivity index (χ2n) is 3.89. The molecule has 0 aliphatic heterocycles. The van der Waals surface area contributed by atoms with Gasteiger partial charge in [-0.15, -0.1) is 11.3 Å². The number of nitrogens with zero attached hydrogens (tertiary/aromatic N) is 3. The number of aryl methyl sites for hydroxylation is 1. The fraction of sp³-hybridized carbons (Fsp3) is 0.0769.